The average Bonchev–Trinajstić information content (AvgIpc) is 2.03. The molecule has 0 fully saturated rings. The number of rotatable bonds is 2. The van der Waals surface area contributed by atoms with Crippen molar-refractivity contribution in [2.45, 2.75) is 18.9 Å². The van der Waals surface area contributed by atoms with Gasteiger partial charge in [-0.2, -0.15) is 8.42 Å². The van der Waals surface area contributed by atoms with Crippen LogP contribution >= 0.6 is 0 Å². The Hall–Kier alpha value is -0.720. The number of hydrogen-bond acceptors (Lipinski definition) is 4. The highest BCUT2D eigenvalue weighted by molar-refractivity contribution is 7.89. The monoisotopic (exact) mass is 205 g/mol. The van der Waals surface area contributed by atoms with Crippen LogP contribution in [-0.2, 0) is 14.9 Å². The summed E-state index contributed by atoms with van der Waals surface area (Å²) in [5.41, 5.74) is 5.46. The van der Waals surface area contributed by atoms with Gasteiger partial charge in [-0.05, 0) is 12.8 Å². The molecule has 3 N–H and O–H groups in total. The molecular weight excluding hydrogens is 194 g/mol. The van der Waals surface area contributed by atoms with Crippen molar-refractivity contribution in [3.63, 3.8) is 0 Å². The predicted molar refractivity (Wildman–Crippen MR) is 46.4 cm³/mol. The lowest BCUT2D eigenvalue weighted by molar-refractivity contribution is -0.110. The molecular formula is C7H11NO4S. The van der Waals surface area contributed by atoms with E-state index in [1.165, 1.54) is 6.08 Å². The Morgan fingerprint density at radius 2 is 2.15 bits per heavy atom. The number of aldehydes is 1. The zero-order valence-corrected chi connectivity index (χ0v) is 7.70. The molecule has 0 spiro atoms. The van der Waals surface area contributed by atoms with Crippen molar-refractivity contribution in [1.29, 1.82) is 0 Å². The minimum atomic E-state index is -4.24. The molecule has 0 saturated heterocycles. The summed E-state index contributed by atoms with van der Waals surface area (Å²) in [5, 5.41) is 0. The number of hydrogen-bond donors (Lipinski definition) is 2. The second-order valence-electron chi connectivity index (χ2n) is 3.03. The highest BCUT2D eigenvalue weighted by Crippen LogP contribution is 2.23. The molecule has 1 aliphatic carbocycles. The maximum absolute atomic E-state index is 10.7. The van der Waals surface area contributed by atoms with Crippen LogP contribution in [-0.4, -0.2) is 25.3 Å². The van der Waals surface area contributed by atoms with Crippen molar-refractivity contribution in [2.24, 2.45) is 11.7 Å². The van der Waals surface area contributed by atoms with E-state index in [1.807, 2.05) is 0 Å². The molecule has 0 aliphatic heterocycles. The second-order valence-corrected chi connectivity index (χ2v) is 4.45. The Morgan fingerprint density at radius 3 is 2.62 bits per heavy atom. The van der Waals surface area contributed by atoms with Gasteiger partial charge >= 0.3 is 0 Å². The smallest absolute Gasteiger partial charge is 0.291 e. The molecule has 1 rings (SSSR count). The molecule has 0 saturated carbocycles. The van der Waals surface area contributed by atoms with E-state index in [0.29, 0.717) is 19.1 Å². The van der Waals surface area contributed by atoms with Gasteiger partial charge in [-0.25, -0.2) is 0 Å². The molecule has 0 aromatic carbocycles. The summed E-state index contributed by atoms with van der Waals surface area (Å²) in [7, 11) is -4.24. The van der Waals surface area contributed by atoms with E-state index in [2.05, 4.69) is 0 Å². The second kappa shape index (κ2) is 3.57. The van der Waals surface area contributed by atoms with E-state index in [4.69, 9.17) is 10.3 Å². The molecule has 0 amide bonds. The first-order valence-electron chi connectivity index (χ1n) is 3.85. The van der Waals surface area contributed by atoms with Crippen molar-refractivity contribution in [3.8, 4) is 0 Å². The van der Waals surface area contributed by atoms with Gasteiger partial charge in [0.05, 0.1) is 4.91 Å². The van der Waals surface area contributed by atoms with E-state index in [1.54, 1.807) is 0 Å². The Bertz CT molecular complexity index is 332. The Kier molecular flexibility index (Phi) is 2.84. The lowest BCUT2D eigenvalue weighted by atomic mass is 9.94. The highest BCUT2D eigenvalue weighted by atomic mass is 32.2. The SMILES string of the molecule is NC1CCC(C=O)C=C1S(=O)(=O)O. The minimum Gasteiger partial charge on any atom is -0.323 e. The third-order valence-corrected chi connectivity index (χ3v) is 3.06. The summed E-state index contributed by atoms with van der Waals surface area (Å²) < 4.78 is 30.2. The van der Waals surface area contributed by atoms with Gasteiger partial charge in [-0.1, -0.05) is 6.08 Å². The van der Waals surface area contributed by atoms with Crippen molar-refractivity contribution in [1.82, 2.24) is 0 Å². The molecule has 74 valence electrons. The van der Waals surface area contributed by atoms with E-state index in [9.17, 15) is 13.2 Å². The fraction of sp³-hybridized carbons (Fsp3) is 0.571. The summed E-state index contributed by atoms with van der Waals surface area (Å²) in [5.74, 6) is -0.447. The summed E-state index contributed by atoms with van der Waals surface area (Å²) in [6, 6.07) is -0.689. The molecule has 0 bridgehead atoms. The molecule has 0 aromatic rings. The number of nitrogens with two attached hydrogens (primary N) is 1. The van der Waals surface area contributed by atoms with Crippen molar-refractivity contribution >= 4 is 16.4 Å². The maximum Gasteiger partial charge on any atom is 0.291 e. The van der Waals surface area contributed by atoms with Gasteiger partial charge < -0.3 is 10.5 Å². The van der Waals surface area contributed by atoms with Crippen LogP contribution < -0.4 is 5.73 Å². The molecule has 13 heavy (non-hydrogen) atoms. The lowest BCUT2D eigenvalue weighted by Crippen LogP contribution is -2.31. The van der Waals surface area contributed by atoms with Crippen LogP contribution in [0.3, 0.4) is 0 Å². The highest BCUT2D eigenvalue weighted by Gasteiger charge is 2.27. The summed E-state index contributed by atoms with van der Waals surface area (Å²) in [4.78, 5) is 10.1. The topological polar surface area (TPSA) is 97.5 Å². The van der Waals surface area contributed by atoms with Gasteiger partial charge in [0, 0.05) is 12.0 Å². The first-order valence-corrected chi connectivity index (χ1v) is 5.29. The first-order chi connectivity index (χ1) is 5.95. The molecule has 0 heterocycles. The fourth-order valence-electron chi connectivity index (χ4n) is 1.32. The molecule has 5 nitrogen and oxygen atoms in total. The Balaban J connectivity index is 3.04. The van der Waals surface area contributed by atoms with Crippen LogP contribution in [0, 0.1) is 5.92 Å². The fourth-order valence-corrected chi connectivity index (χ4v) is 2.16. The van der Waals surface area contributed by atoms with E-state index >= 15 is 0 Å². The third-order valence-electron chi connectivity index (χ3n) is 2.03. The van der Waals surface area contributed by atoms with E-state index < -0.39 is 22.1 Å². The maximum atomic E-state index is 10.7. The van der Waals surface area contributed by atoms with Gasteiger partial charge in [0.25, 0.3) is 10.1 Å². The van der Waals surface area contributed by atoms with Crippen LogP contribution in [0.25, 0.3) is 0 Å². The van der Waals surface area contributed by atoms with Crippen LogP contribution in [0.1, 0.15) is 12.8 Å². The standard InChI is InChI=1S/C7H11NO4S/c8-6-2-1-5(4-9)3-7(6)13(10,11)12/h3-6H,1-2,8H2,(H,10,11,12). The van der Waals surface area contributed by atoms with Gasteiger partial charge in [-0.3, -0.25) is 4.55 Å². The van der Waals surface area contributed by atoms with Gasteiger partial charge in [-0.15, -0.1) is 0 Å². The summed E-state index contributed by atoms with van der Waals surface area (Å²) >= 11 is 0. The Labute approximate surface area is 76.4 Å². The number of allylic oxidation sites excluding steroid dienone is 1. The number of carbonyl (C=O) groups excluding carboxylic acids is 1. The lowest BCUT2D eigenvalue weighted by Gasteiger charge is -2.20. The first kappa shape index (κ1) is 10.4. The number of carbonyl (C=O) groups is 1. The van der Waals surface area contributed by atoms with Crippen LogP contribution in [0.4, 0.5) is 0 Å². The summed E-state index contributed by atoms with van der Waals surface area (Å²) in [6.45, 7) is 0. The minimum absolute atomic E-state index is 0.240. The van der Waals surface area contributed by atoms with Crippen LogP contribution in [0.15, 0.2) is 11.0 Å². The van der Waals surface area contributed by atoms with Crippen LogP contribution in [0.5, 0.6) is 0 Å². The van der Waals surface area contributed by atoms with Gasteiger partial charge in [0.1, 0.15) is 6.29 Å². The molecule has 0 aromatic heterocycles. The normalized spacial score (nSPS) is 29.5. The Morgan fingerprint density at radius 1 is 1.54 bits per heavy atom. The molecule has 1 aliphatic rings. The van der Waals surface area contributed by atoms with E-state index in [-0.39, 0.29) is 4.91 Å². The molecule has 0 radical (unpaired) electrons. The van der Waals surface area contributed by atoms with Crippen molar-refractivity contribution < 1.29 is 17.8 Å². The molecule has 2 atom stereocenters. The van der Waals surface area contributed by atoms with E-state index in [0.717, 1.165) is 0 Å². The molecule has 6 heteroatoms. The van der Waals surface area contributed by atoms with Crippen molar-refractivity contribution in [2.75, 3.05) is 0 Å². The van der Waals surface area contributed by atoms with Crippen molar-refractivity contribution in [3.05, 3.63) is 11.0 Å². The predicted octanol–water partition coefficient (Wildman–Crippen LogP) is -0.306. The average molecular weight is 205 g/mol. The van der Waals surface area contributed by atoms with Crippen LogP contribution in [0.2, 0.25) is 0 Å². The largest absolute Gasteiger partial charge is 0.323 e. The van der Waals surface area contributed by atoms with Gasteiger partial charge in [0.2, 0.25) is 0 Å². The zero-order valence-electron chi connectivity index (χ0n) is 6.88. The third kappa shape index (κ3) is 2.36. The molecule has 2 unspecified atom stereocenters. The summed E-state index contributed by atoms with van der Waals surface area (Å²) in [6.07, 6.45) is 2.80. The van der Waals surface area contributed by atoms with Gasteiger partial charge in [0.15, 0.2) is 0 Å². The zero-order chi connectivity index (χ0) is 10.1. The quantitative estimate of drug-likeness (QED) is 0.476.